The van der Waals surface area contributed by atoms with E-state index in [4.69, 9.17) is 4.74 Å². The molecule has 1 rings (SSSR count). The fourth-order valence-corrected chi connectivity index (χ4v) is 2.55. The first-order valence-corrected chi connectivity index (χ1v) is 7.29. The molecule has 1 aromatic rings. The number of amides is 1. The zero-order chi connectivity index (χ0) is 14.5. The molecule has 0 saturated heterocycles. The number of nitrogens with zero attached hydrogens (tertiary/aromatic N) is 1. The molecular weight excluding hydrogens is 258 g/mol. The van der Waals surface area contributed by atoms with Crippen molar-refractivity contribution in [2.24, 2.45) is 0 Å². The van der Waals surface area contributed by atoms with Gasteiger partial charge in [0, 0.05) is 31.0 Å². The Morgan fingerprint density at radius 1 is 1.26 bits per heavy atom. The van der Waals surface area contributed by atoms with Crippen LogP contribution in [-0.2, 0) is 10.5 Å². The molecule has 4 heteroatoms. The molecule has 3 nitrogen and oxygen atoms in total. The van der Waals surface area contributed by atoms with E-state index in [1.165, 1.54) is 5.56 Å². The smallest absolute Gasteiger partial charge is 0.223 e. The van der Waals surface area contributed by atoms with E-state index < -0.39 is 0 Å². The molecule has 0 aromatic heterocycles. The minimum absolute atomic E-state index is 0.0543. The molecule has 0 N–H and O–H groups in total. The lowest BCUT2D eigenvalue weighted by molar-refractivity contribution is -0.129. The van der Waals surface area contributed by atoms with Crippen LogP contribution in [0.5, 0.6) is 5.75 Å². The second-order valence-electron chi connectivity index (χ2n) is 5.36. The van der Waals surface area contributed by atoms with Crippen molar-refractivity contribution in [3.05, 3.63) is 29.8 Å². The Kier molecular flexibility index (Phi) is 5.73. The number of thioether (sulfide) groups is 1. The molecular formula is C15H23NO2S. The number of carbonyl (C=O) groups excluding carboxylic acids is 1. The first-order valence-electron chi connectivity index (χ1n) is 6.31. The van der Waals surface area contributed by atoms with Crippen molar-refractivity contribution in [1.29, 1.82) is 0 Å². The van der Waals surface area contributed by atoms with Gasteiger partial charge in [-0.25, -0.2) is 0 Å². The van der Waals surface area contributed by atoms with E-state index in [2.05, 4.69) is 26.0 Å². The summed E-state index contributed by atoms with van der Waals surface area (Å²) in [5.41, 5.74) is 1.25. The van der Waals surface area contributed by atoms with Crippen LogP contribution in [0.3, 0.4) is 0 Å². The normalized spacial score (nSPS) is 11.2. The fraction of sp³-hybridized carbons (Fsp3) is 0.533. The predicted octanol–water partition coefficient (Wildman–Crippen LogP) is 3.19. The van der Waals surface area contributed by atoms with Gasteiger partial charge in [-0.3, -0.25) is 4.79 Å². The van der Waals surface area contributed by atoms with Crippen molar-refractivity contribution < 1.29 is 9.53 Å². The van der Waals surface area contributed by atoms with Crippen LogP contribution in [0.4, 0.5) is 0 Å². The van der Waals surface area contributed by atoms with E-state index in [0.717, 1.165) is 11.5 Å². The molecule has 19 heavy (non-hydrogen) atoms. The maximum atomic E-state index is 11.7. The minimum Gasteiger partial charge on any atom is -0.497 e. The summed E-state index contributed by atoms with van der Waals surface area (Å²) in [6.45, 7) is 4.23. The van der Waals surface area contributed by atoms with Crippen LogP contribution in [0.15, 0.2) is 24.3 Å². The zero-order valence-corrected chi connectivity index (χ0v) is 13.2. The lowest BCUT2D eigenvalue weighted by atomic mass is 10.1. The van der Waals surface area contributed by atoms with Gasteiger partial charge in [0.05, 0.1) is 7.11 Å². The standard InChI is InChI=1S/C15H23NO2S/c1-15(2,10-14(17)16(3)4)19-11-12-6-8-13(18-5)9-7-12/h6-9H,10-11H2,1-5H3. The van der Waals surface area contributed by atoms with E-state index in [1.807, 2.05) is 12.1 Å². The van der Waals surface area contributed by atoms with Gasteiger partial charge in [0.15, 0.2) is 0 Å². The van der Waals surface area contributed by atoms with Crippen molar-refractivity contribution in [1.82, 2.24) is 4.90 Å². The molecule has 0 saturated carbocycles. The number of carbonyl (C=O) groups is 1. The van der Waals surface area contributed by atoms with Gasteiger partial charge in [-0.15, -0.1) is 0 Å². The minimum atomic E-state index is -0.0543. The predicted molar refractivity (Wildman–Crippen MR) is 81.7 cm³/mol. The summed E-state index contributed by atoms with van der Waals surface area (Å²) in [7, 11) is 5.26. The van der Waals surface area contributed by atoms with Crippen molar-refractivity contribution >= 4 is 17.7 Å². The Balaban J connectivity index is 2.51. The topological polar surface area (TPSA) is 29.5 Å². The number of methoxy groups -OCH3 is 1. The molecule has 0 fully saturated rings. The number of benzene rings is 1. The molecule has 0 unspecified atom stereocenters. The van der Waals surface area contributed by atoms with Crippen LogP contribution in [0.1, 0.15) is 25.8 Å². The first-order chi connectivity index (χ1) is 8.84. The van der Waals surface area contributed by atoms with Gasteiger partial charge in [0.1, 0.15) is 5.75 Å². The van der Waals surface area contributed by atoms with E-state index in [-0.39, 0.29) is 10.7 Å². The maximum absolute atomic E-state index is 11.7. The lowest BCUT2D eigenvalue weighted by Gasteiger charge is -2.25. The Morgan fingerprint density at radius 2 is 1.84 bits per heavy atom. The SMILES string of the molecule is COc1ccc(CSC(C)(C)CC(=O)N(C)C)cc1. The number of hydrogen-bond donors (Lipinski definition) is 0. The van der Waals surface area contributed by atoms with Gasteiger partial charge in [-0.2, -0.15) is 11.8 Å². The van der Waals surface area contributed by atoms with Crippen LogP contribution < -0.4 is 4.74 Å². The quantitative estimate of drug-likeness (QED) is 0.802. The molecule has 0 radical (unpaired) electrons. The lowest BCUT2D eigenvalue weighted by Crippen LogP contribution is -2.29. The molecule has 1 amide bonds. The number of hydrogen-bond acceptors (Lipinski definition) is 3. The van der Waals surface area contributed by atoms with E-state index >= 15 is 0 Å². The van der Waals surface area contributed by atoms with Crippen LogP contribution in [0.2, 0.25) is 0 Å². The van der Waals surface area contributed by atoms with Crippen LogP contribution >= 0.6 is 11.8 Å². The Morgan fingerprint density at radius 3 is 2.32 bits per heavy atom. The molecule has 0 aliphatic heterocycles. The third-order valence-electron chi connectivity index (χ3n) is 2.86. The second-order valence-corrected chi connectivity index (χ2v) is 7.04. The van der Waals surface area contributed by atoms with Crippen molar-refractivity contribution in [3.8, 4) is 5.75 Å². The number of ether oxygens (including phenoxy) is 1. The van der Waals surface area contributed by atoms with Gasteiger partial charge in [-0.1, -0.05) is 26.0 Å². The summed E-state index contributed by atoms with van der Waals surface area (Å²) in [5, 5.41) is 0. The second kappa shape index (κ2) is 6.85. The molecule has 1 aromatic carbocycles. The maximum Gasteiger partial charge on any atom is 0.223 e. The summed E-state index contributed by atoms with van der Waals surface area (Å²) in [6, 6.07) is 8.06. The largest absolute Gasteiger partial charge is 0.497 e. The highest BCUT2D eigenvalue weighted by atomic mass is 32.2. The molecule has 0 heterocycles. The van der Waals surface area contributed by atoms with Gasteiger partial charge in [0.2, 0.25) is 5.91 Å². The highest BCUT2D eigenvalue weighted by molar-refractivity contribution is 7.99. The summed E-state index contributed by atoms with van der Waals surface area (Å²) in [4.78, 5) is 13.4. The van der Waals surface area contributed by atoms with Crippen LogP contribution in [0.25, 0.3) is 0 Å². The molecule has 0 aliphatic carbocycles. The Bertz CT molecular complexity index is 413. The molecule has 0 aliphatic rings. The van der Waals surface area contributed by atoms with Crippen LogP contribution in [0, 0.1) is 0 Å². The highest BCUT2D eigenvalue weighted by Crippen LogP contribution is 2.31. The van der Waals surface area contributed by atoms with E-state index in [0.29, 0.717) is 6.42 Å². The summed E-state index contributed by atoms with van der Waals surface area (Å²) >= 11 is 1.80. The van der Waals surface area contributed by atoms with E-state index in [9.17, 15) is 4.79 Å². The highest BCUT2D eigenvalue weighted by Gasteiger charge is 2.23. The molecule has 0 atom stereocenters. The monoisotopic (exact) mass is 281 g/mol. The van der Waals surface area contributed by atoms with Crippen LogP contribution in [-0.4, -0.2) is 36.8 Å². The van der Waals surface area contributed by atoms with Gasteiger partial charge in [0.25, 0.3) is 0 Å². The first kappa shape index (κ1) is 15.9. The van der Waals surface area contributed by atoms with Crippen molar-refractivity contribution in [3.63, 3.8) is 0 Å². The fourth-order valence-electron chi connectivity index (χ4n) is 1.57. The molecule has 0 bridgehead atoms. The van der Waals surface area contributed by atoms with Crippen molar-refractivity contribution in [2.45, 2.75) is 30.8 Å². The van der Waals surface area contributed by atoms with Crippen molar-refractivity contribution in [2.75, 3.05) is 21.2 Å². The zero-order valence-electron chi connectivity index (χ0n) is 12.4. The Labute approximate surface area is 120 Å². The van der Waals surface area contributed by atoms with Gasteiger partial charge < -0.3 is 9.64 Å². The third-order valence-corrected chi connectivity index (χ3v) is 4.27. The van der Waals surface area contributed by atoms with Gasteiger partial charge >= 0.3 is 0 Å². The average molecular weight is 281 g/mol. The summed E-state index contributed by atoms with van der Waals surface area (Å²) < 4.78 is 5.08. The average Bonchev–Trinajstić information content (AvgIpc) is 2.36. The summed E-state index contributed by atoms with van der Waals surface area (Å²) in [6.07, 6.45) is 0.556. The van der Waals surface area contributed by atoms with E-state index in [1.54, 1.807) is 37.9 Å². The third kappa shape index (κ3) is 5.55. The van der Waals surface area contributed by atoms with Gasteiger partial charge in [-0.05, 0) is 17.7 Å². The molecule has 0 spiro atoms. The summed E-state index contributed by atoms with van der Waals surface area (Å²) in [5.74, 6) is 1.94. The number of rotatable bonds is 6. The Hall–Kier alpha value is -1.16. The molecule has 106 valence electrons.